The van der Waals surface area contributed by atoms with E-state index in [2.05, 4.69) is 44.7 Å². The predicted molar refractivity (Wildman–Crippen MR) is 234 cm³/mol. The first kappa shape index (κ1) is 52.9. The topological polar surface area (TPSA) is 59.1 Å². The zero-order chi connectivity index (χ0) is 39.6. The first-order chi connectivity index (χ1) is 26.4. The van der Waals surface area contributed by atoms with Gasteiger partial charge in [-0.2, -0.15) is 0 Å². The van der Waals surface area contributed by atoms with E-state index in [0.29, 0.717) is 19.4 Å². The summed E-state index contributed by atoms with van der Waals surface area (Å²) < 4.78 is 11.6. The lowest BCUT2D eigenvalue weighted by Crippen LogP contribution is -2.28. The molecule has 0 N–H and O–H groups in total. The summed E-state index contributed by atoms with van der Waals surface area (Å²) in [5, 5.41) is 0. The van der Waals surface area contributed by atoms with Crippen LogP contribution in [0.3, 0.4) is 0 Å². The lowest BCUT2D eigenvalue weighted by atomic mass is 10.0. The number of unbranched alkanes of at least 4 members (excludes halogenated alkanes) is 25. The highest BCUT2D eigenvalue weighted by Crippen LogP contribution is 2.19. The van der Waals surface area contributed by atoms with Gasteiger partial charge >= 0.3 is 11.9 Å². The van der Waals surface area contributed by atoms with E-state index in [9.17, 15) is 9.59 Å². The molecule has 322 valence electrons. The van der Waals surface area contributed by atoms with Gasteiger partial charge in [0.2, 0.25) is 0 Å². The first-order valence-electron chi connectivity index (χ1n) is 24.1. The second-order valence-corrected chi connectivity index (χ2v) is 17.0. The van der Waals surface area contributed by atoms with Crippen molar-refractivity contribution in [2.45, 2.75) is 252 Å². The van der Waals surface area contributed by atoms with Gasteiger partial charge in [0.25, 0.3) is 0 Å². The third kappa shape index (κ3) is 40.5. The minimum atomic E-state index is -0.00970. The maximum Gasteiger partial charge on any atom is 0.306 e. The van der Waals surface area contributed by atoms with Crippen molar-refractivity contribution in [1.29, 1.82) is 0 Å². The molecule has 0 aromatic rings. The Morgan fingerprint density at radius 1 is 0.407 bits per heavy atom. The average Bonchev–Trinajstić information content (AvgIpc) is 3.15. The minimum absolute atomic E-state index is 0.00970. The summed E-state index contributed by atoms with van der Waals surface area (Å²) in [4.78, 5) is 30.0. The number of ether oxygens (including phenoxy) is 2. The van der Waals surface area contributed by atoms with Crippen molar-refractivity contribution < 1.29 is 19.1 Å². The van der Waals surface area contributed by atoms with Crippen LogP contribution in [0.15, 0.2) is 0 Å². The summed E-state index contributed by atoms with van der Waals surface area (Å²) in [6, 6.07) is 0. The molecule has 0 atom stereocenters. The normalized spacial score (nSPS) is 11.7. The third-order valence-electron chi connectivity index (χ3n) is 11.1. The summed E-state index contributed by atoms with van der Waals surface area (Å²) in [6.07, 6.45) is 41.8. The molecule has 0 aromatic carbocycles. The molecule has 0 radical (unpaired) electrons. The van der Waals surface area contributed by atoms with Gasteiger partial charge in [-0.1, -0.05) is 162 Å². The Labute approximate surface area is 338 Å². The smallest absolute Gasteiger partial charge is 0.306 e. The molecule has 0 bridgehead atoms. The Balaban J connectivity index is 4.24. The van der Waals surface area contributed by atoms with Crippen molar-refractivity contribution >= 4 is 11.9 Å². The second-order valence-electron chi connectivity index (χ2n) is 17.0. The van der Waals surface area contributed by atoms with Crippen LogP contribution in [-0.2, 0) is 19.1 Å². The summed E-state index contributed by atoms with van der Waals surface area (Å²) >= 11 is 0. The zero-order valence-electron chi connectivity index (χ0n) is 37.4. The fraction of sp³-hybridized carbons (Fsp3) is 0.958. The highest BCUT2D eigenvalue weighted by molar-refractivity contribution is 5.69. The van der Waals surface area contributed by atoms with Crippen LogP contribution in [0.25, 0.3) is 0 Å². The van der Waals surface area contributed by atoms with Gasteiger partial charge in [0.1, 0.15) is 6.10 Å². The Morgan fingerprint density at radius 2 is 0.759 bits per heavy atom. The molecule has 0 aliphatic heterocycles. The maximum atomic E-state index is 12.8. The quantitative estimate of drug-likeness (QED) is 0.0455. The van der Waals surface area contributed by atoms with Crippen molar-refractivity contribution in [2.75, 3.05) is 46.9 Å². The third-order valence-corrected chi connectivity index (χ3v) is 11.1. The van der Waals surface area contributed by atoms with E-state index < -0.39 is 0 Å². The van der Waals surface area contributed by atoms with Gasteiger partial charge in [-0.15, -0.1) is 0 Å². The van der Waals surface area contributed by atoms with E-state index in [1.807, 2.05) is 0 Å². The van der Waals surface area contributed by atoms with E-state index in [0.717, 1.165) is 71.0 Å². The number of rotatable bonds is 44. The number of nitrogens with zero attached hydrogens (tertiary/aromatic N) is 2. The molecule has 0 aliphatic carbocycles. The molecule has 0 heterocycles. The van der Waals surface area contributed by atoms with Crippen LogP contribution in [-0.4, -0.2) is 74.7 Å². The molecule has 0 aliphatic rings. The standard InChI is InChI=1S/C48H96N2O4/c1-6-9-12-15-18-19-20-26-36-45-53-47(51)39-31-27-33-43-50(44-35-34-41-49(4)5)42-32-25-21-24-30-40-48(52)54-46(37-28-22-16-13-10-7-2)38-29-23-17-14-11-8-3/h46H,6-45H2,1-5H3. The van der Waals surface area contributed by atoms with E-state index >= 15 is 0 Å². The highest BCUT2D eigenvalue weighted by Gasteiger charge is 2.14. The summed E-state index contributed by atoms with van der Waals surface area (Å²) in [5.41, 5.74) is 0. The predicted octanol–water partition coefficient (Wildman–Crippen LogP) is 14.0. The lowest BCUT2D eigenvalue weighted by molar-refractivity contribution is -0.150. The summed E-state index contributed by atoms with van der Waals surface area (Å²) in [6.45, 7) is 12.0. The SMILES string of the molecule is CCCCCCCCCCCOC(=O)CCCCCN(CCCCCCCC(=O)OC(CCCCCCCC)CCCCCCCC)CCCCN(C)C. The largest absolute Gasteiger partial charge is 0.466 e. The van der Waals surface area contributed by atoms with Gasteiger partial charge < -0.3 is 19.3 Å². The van der Waals surface area contributed by atoms with Crippen LogP contribution in [0, 0.1) is 0 Å². The van der Waals surface area contributed by atoms with Crippen LogP contribution in [0.5, 0.6) is 0 Å². The monoisotopic (exact) mass is 765 g/mol. The van der Waals surface area contributed by atoms with E-state index in [4.69, 9.17) is 9.47 Å². The number of hydrogen-bond acceptors (Lipinski definition) is 6. The first-order valence-corrected chi connectivity index (χ1v) is 24.1. The maximum absolute atomic E-state index is 12.8. The van der Waals surface area contributed by atoms with Crippen molar-refractivity contribution in [2.24, 2.45) is 0 Å². The molecule has 6 nitrogen and oxygen atoms in total. The van der Waals surface area contributed by atoms with Gasteiger partial charge in [-0.3, -0.25) is 9.59 Å². The lowest BCUT2D eigenvalue weighted by Gasteiger charge is -2.23. The molecule has 0 fully saturated rings. The molecule has 0 saturated carbocycles. The average molecular weight is 765 g/mol. The van der Waals surface area contributed by atoms with Crippen molar-refractivity contribution in [3.8, 4) is 0 Å². The van der Waals surface area contributed by atoms with Crippen LogP contribution in [0.2, 0.25) is 0 Å². The molecule has 0 rings (SSSR count). The van der Waals surface area contributed by atoms with Crippen LogP contribution in [0.4, 0.5) is 0 Å². The van der Waals surface area contributed by atoms with Crippen LogP contribution in [0.1, 0.15) is 245 Å². The van der Waals surface area contributed by atoms with E-state index in [-0.39, 0.29) is 18.0 Å². The number of hydrogen-bond donors (Lipinski definition) is 0. The Kier molecular flexibility index (Phi) is 42.1. The molecular weight excluding hydrogens is 669 g/mol. The molecule has 0 aromatic heterocycles. The van der Waals surface area contributed by atoms with Gasteiger partial charge in [0.15, 0.2) is 0 Å². The molecular formula is C48H96N2O4. The molecule has 54 heavy (non-hydrogen) atoms. The van der Waals surface area contributed by atoms with Crippen molar-refractivity contribution in [1.82, 2.24) is 9.80 Å². The number of esters is 2. The second kappa shape index (κ2) is 43.0. The zero-order valence-corrected chi connectivity index (χ0v) is 37.4. The van der Waals surface area contributed by atoms with Crippen molar-refractivity contribution in [3.63, 3.8) is 0 Å². The van der Waals surface area contributed by atoms with Crippen LogP contribution < -0.4 is 0 Å². The van der Waals surface area contributed by atoms with Gasteiger partial charge in [0.05, 0.1) is 6.61 Å². The molecule has 0 amide bonds. The molecule has 0 unspecified atom stereocenters. The van der Waals surface area contributed by atoms with E-state index in [1.54, 1.807) is 0 Å². The van der Waals surface area contributed by atoms with Crippen molar-refractivity contribution in [3.05, 3.63) is 0 Å². The molecule has 0 saturated heterocycles. The van der Waals surface area contributed by atoms with Crippen LogP contribution >= 0.6 is 0 Å². The summed E-state index contributed by atoms with van der Waals surface area (Å²) in [5.74, 6) is 0.0254. The fourth-order valence-electron chi connectivity index (χ4n) is 7.50. The number of carbonyl (C=O) groups excluding carboxylic acids is 2. The Hall–Kier alpha value is -1.14. The Bertz CT molecular complexity index is 760. The Morgan fingerprint density at radius 3 is 1.24 bits per heavy atom. The van der Waals surface area contributed by atoms with Gasteiger partial charge in [0, 0.05) is 12.8 Å². The van der Waals surface area contributed by atoms with Gasteiger partial charge in [-0.05, 0) is 111 Å². The molecule has 0 spiro atoms. The number of carbonyl (C=O) groups is 2. The summed E-state index contributed by atoms with van der Waals surface area (Å²) in [7, 11) is 4.31. The van der Waals surface area contributed by atoms with Gasteiger partial charge in [-0.25, -0.2) is 0 Å². The van der Waals surface area contributed by atoms with E-state index in [1.165, 1.54) is 167 Å². The minimum Gasteiger partial charge on any atom is -0.466 e. The fourth-order valence-corrected chi connectivity index (χ4v) is 7.50. The molecule has 6 heteroatoms. The highest BCUT2D eigenvalue weighted by atomic mass is 16.5.